The Morgan fingerprint density at radius 3 is 2.75 bits per heavy atom. The minimum absolute atomic E-state index is 0.0838. The van der Waals surface area contributed by atoms with Crippen molar-refractivity contribution in [1.29, 1.82) is 0 Å². The highest BCUT2D eigenvalue weighted by molar-refractivity contribution is 7.99. The van der Waals surface area contributed by atoms with E-state index in [0.717, 1.165) is 17.3 Å². The van der Waals surface area contributed by atoms with Gasteiger partial charge in [0.25, 0.3) is 5.56 Å². The number of aromatic amines is 1. The molecule has 0 fully saturated rings. The molecule has 0 aliphatic carbocycles. The first-order valence-corrected chi connectivity index (χ1v) is 7.04. The summed E-state index contributed by atoms with van der Waals surface area (Å²) in [5, 5.41) is 3.45. The van der Waals surface area contributed by atoms with E-state index in [4.69, 9.17) is 0 Å². The molecular weight excluding hydrogens is 277 g/mol. The van der Waals surface area contributed by atoms with Crippen LogP contribution in [0.1, 0.15) is 24.2 Å². The Bertz CT molecular complexity index is 672. The number of aromatic nitrogens is 2. The summed E-state index contributed by atoms with van der Waals surface area (Å²) in [6.07, 6.45) is 0. The van der Waals surface area contributed by atoms with Crippen LogP contribution in [-0.2, 0) is 0 Å². The number of benzene rings is 1. The van der Waals surface area contributed by atoms with Gasteiger partial charge in [-0.05, 0) is 50.4 Å². The molecule has 1 atom stereocenters. The molecule has 2 rings (SSSR count). The van der Waals surface area contributed by atoms with Gasteiger partial charge >= 0.3 is 0 Å². The van der Waals surface area contributed by atoms with Gasteiger partial charge in [0.1, 0.15) is 5.82 Å². The zero-order chi connectivity index (χ0) is 14.7. The predicted octanol–water partition coefficient (Wildman–Crippen LogP) is 2.65. The van der Waals surface area contributed by atoms with Crippen molar-refractivity contribution in [3.8, 4) is 0 Å². The number of nitrogens with zero attached hydrogens (tertiary/aromatic N) is 1. The van der Waals surface area contributed by atoms with Gasteiger partial charge < -0.3 is 10.3 Å². The topological polar surface area (TPSA) is 57.8 Å². The first-order valence-electron chi connectivity index (χ1n) is 6.22. The summed E-state index contributed by atoms with van der Waals surface area (Å²) >= 11 is 1.11. The van der Waals surface area contributed by atoms with Crippen molar-refractivity contribution < 1.29 is 4.39 Å². The largest absolute Gasteiger partial charge is 0.313 e. The highest BCUT2D eigenvalue weighted by Gasteiger charge is 2.10. The summed E-state index contributed by atoms with van der Waals surface area (Å²) in [6.45, 7) is 3.69. The van der Waals surface area contributed by atoms with Gasteiger partial charge in [0.2, 0.25) is 0 Å². The molecule has 1 unspecified atom stereocenters. The third kappa shape index (κ3) is 3.46. The van der Waals surface area contributed by atoms with E-state index in [0.29, 0.717) is 15.7 Å². The molecule has 0 aliphatic heterocycles. The Morgan fingerprint density at radius 1 is 1.40 bits per heavy atom. The number of hydrogen-bond acceptors (Lipinski definition) is 4. The Morgan fingerprint density at radius 2 is 2.15 bits per heavy atom. The molecule has 4 nitrogen and oxygen atoms in total. The van der Waals surface area contributed by atoms with Crippen LogP contribution in [0.2, 0.25) is 0 Å². The normalized spacial score (nSPS) is 12.4. The summed E-state index contributed by atoms with van der Waals surface area (Å²) in [5.74, 6) is -0.321. The standard InChI is InChI=1S/C14H16FN3OS/c1-8-6-13(19)18-14(17-8)20-12-5-4-10(7-11(12)15)9(2)16-3/h4-7,9,16H,1-3H3,(H,17,18,19). The van der Waals surface area contributed by atoms with E-state index in [1.165, 1.54) is 12.1 Å². The van der Waals surface area contributed by atoms with E-state index in [2.05, 4.69) is 15.3 Å². The van der Waals surface area contributed by atoms with Crippen molar-refractivity contribution >= 4 is 11.8 Å². The molecule has 1 heterocycles. The third-order valence-electron chi connectivity index (χ3n) is 2.94. The molecule has 1 aromatic heterocycles. The molecular formula is C14H16FN3OS. The fourth-order valence-corrected chi connectivity index (χ4v) is 2.58. The van der Waals surface area contributed by atoms with Gasteiger partial charge in [0.15, 0.2) is 5.16 Å². The Labute approximate surface area is 120 Å². The van der Waals surface area contributed by atoms with Crippen LogP contribution >= 0.6 is 11.8 Å². The van der Waals surface area contributed by atoms with Gasteiger partial charge in [-0.15, -0.1) is 0 Å². The average molecular weight is 293 g/mol. The maximum atomic E-state index is 14.1. The van der Waals surface area contributed by atoms with Crippen LogP contribution < -0.4 is 10.9 Å². The zero-order valence-corrected chi connectivity index (χ0v) is 12.3. The van der Waals surface area contributed by atoms with Crippen LogP contribution in [0.5, 0.6) is 0 Å². The monoisotopic (exact) mass is 293 g/mol. The summed E-state index contributed by atoms with van der Waals surface area (Å²) in [5.41, 5.74) is 1.25. The second kappa shape index (κ2) is 6.19. The van der Waals surface area contributed by atoms with Crippen LogP contribution in [0.4, 0.5) is 4.39 Å². The van der Waals surface area contributed by atoms with Crippen molar-refractivity contribution in [2.75, 3.05) is 7.05 Å². The highest BCUT2D eigenvalue weighted by Crippen LogP contribution is 2.28. The fraction of sp³-hybridized carbons (Fsp3) is 0.286. The highest BCUT2D eigenvalue weighted by atomic mass is 32.2. The molecule has 0 saturated carbocycles. The van der Waals surface area contributed by atoms with Gasteiger partial charge in [-0.2, -0.15) is 0 Å². The molecule has 20 heavy (non-hydrogen) atoms. The first kappa shape index (κ1) is 14.7. The summed E-state index contributed by atoms with van der Waals surface area (Å²) < 4.78 is 14.1. The number of H-pyrrole nitrogens is 1. The molecule has 2 aromatic rings. The summed E-state index contributed by atoms with van der Waals surface area (Å²) in [7, 11) is 1.83. The average Bonchev–Trinajstić information content (AvgIpc) is 2.39. The lowest BCUT2D eigenvalue weighted by atomic mass is 10.1. The quantitative estimate of drug-likeness (QED) is 0.851. The fourth-order valence-electron chi connectivity index (χ4n) is 1.74. The maximum Gasteiger partial charge on any atom is 0.251 e. The van der Waals surface area contributed by atoms with Crippen LogP contribution in [0.25, 0.3) is 0 Å². The smallest absolute Gasteiger partial charge is 0.251 e. The Balaban J connectivity index is 2.28. The van der Waals surface area contributed by atoms with E-state index in [9.17, 15) is 9.18 Å². The van der Waals surface area contributed by atoms with Gasteiger partial charge in [0, 0.05) is 17.8 Å². The van der Waals surface area contributed by atoms with Gasteiger partial charge in [-0.25, -0.2) is 9.37 Å². The second-order valence-corrected chi connectivity index (χ2v) is 5.52. The molecule has 0 spiro atoms. The van der Waals surface area contributed by atoms with Crippen LogP contribution in [0.15, 0.2) is 39.1 Å². The minimum atomic E-state index is -0.321. The molecule has 6 heteroatoms. The number of rotatable bonds is 4. The number of halogens is 1. The van der Waals surface area contributed by atoms with Gasteiger partial charge in [-0.3, -0.25) is 4.79 Å². The van der Waals surface area contributed by atoms with E-state index < -0.39 is 0 Å². The van der Waals surface area contributed by atoms with Crippen molar-refractivity contribution in [3.63, 3.8) is 0 Å². The Kier molecular flexibility index (Phi) is 4.57. The maximum absolute atomic E-state index is 14.1. The molecule has 0 saturated heterocycles. The third-order valence-corrected chi connectivity index (χ3v) is 3.88. The van der Waals surface area contributed by atoms with Gasteiger partial charge in [-0.1, -0.05) is 6.07 Å². The van der Waals surface area contributed by atoms with Gasteiger partial charge in [0.05, 0.1) is 4.90 Å². The number of nitrogens with one attached hydrogen (secondary N) is 2. The first-order chi connectivity index (χ1) is 9.49. The van der Waals surface area contributed by atoms with E-state index in [1.54, 1.807) is 13.0 Å². The van der Waals surface area contributed by atoms with Crippen molar-refractivity contribution in [2.45, 2.75) is 29.9 Å². The molecule has 2 N–H and O–H groups in total. The molecule has 0 radical (unpaired) electrons. The molecule has 106 valence electrons. The summed E-state index contributed by atoms with van der Waals surface area (Å²) in [6, 6.07) is 6.54. The lowest BCUT2D eigenvalue weighted by Crippen LogP contribution is -2.12. The second-order valence-electron chi connectivity index (χ2n) is 4.49. The number of hydrogen-bond donors (Lipinski definition) is 2. The molecule has 0 amide bonds. The van der Waals surface area contributed by atoms with E-state index in [-0.39, 0.29) is 17.4 Å². The van der Waals surface area contributed by atoms with Crippen molar-refractivity contribution in [2.24, 2.45) is 0 Å². The molecule has 0 bridgehead atoms. The van der Waals surface area contributed by atoms with Crippen molar-refractivity contribution in [1.82, 2.24) is 15.3 Å². The predicted molar refractivity (Wildman–Crippen MR) is 77.6 cm³/mol. The molecule has 1 aromatic carbocycles. The van der Waals surface area contributed by atoms with E-state index in [1.807, 2.05) is 20.0 Å². The minimum Gasteiger partial charge on any atom is -0.313 e. The van der Waals surface area contributed by atoms with Crippen molar-refractivity contribution in [3.05, 3.63) is 51.7 Å². The summed E-state index contributed by atoms with van der Waals surface area (Å²) in [4.78, 5) is 18.6. The van der Waals surface area contributed by atoms with Crippen LogP contribution in [-0.4, -0.2) is 17.0 Å². The number of aryl methyl sites for hydroxylation is 1. The molecule has 0 aliphatic rings. The Hall–Kier alpha value is -1.66. The lowest BCUT2D eigenvalue weighted by Gasteiger charge is -2.11. The van der Waals surface area contributed by atoms with E-state index >= 15 is 0 Å². The zero-order valence-electron chi connectivity index (χ0n) is 11.5. The SMILES string of the molecule is CNC(C)c1ccc(Sc2nc(C)cc(=O)[nH]2)c(F)c1. The van der Waals surface area contributed by atoms with Crippen LogP contribution in [0.3, 0.4) is 0 Å². The lowest BCUT2D eigenvalue weighted by molar-refractivity contribution is 0.587. The van der Waals surface area contributed by atoms with Crippen LogP contribution in [0, 0.1) is 12.7 Å².